The number of benzene rings is 1. The van der Waals surface area contributed by atoms with Crippen molar-refractivity contribution in [1.82, 2.24) is 4.98 Å². The molecule has 2 rings (SSSR count). The smallest absolute Gasteiger partial charge is 0.309 e. The number of nitrogens with zero attached hydrogens (tertiary/aromatic N) is 1. The molecule has 19 heavy (non-hydrogen) atoms. The maximum atomic E-state index is 10.6. The van der Waals surface area contributed by atoms with Gasteiger partial charge in [-0.05, 0) is 11.5 Å². The van der Waals surface area contributed by atoms with E-state index in [-0.39, 0.29) is 36.0 Å². The summed E-state index contributed by atoms with van der Waals surface area (Å²) >= 11 is 1.48. The molecule has 1 radical (unpaired) electrons. The van der Waals surface area contributed by atoms with Gasteiger partial charge >= 0.3 is 5.97 Å². The second kappa shape index (κ2) is 7.20. The Balaban J connectivity index is 0.00000180. The molecule has 0 unspecified atom stereocenters. The van der Waals surface area contributed by atoms with Crippen molar-refractivity contribution in [2.45, 2.75) is 26.2 Å². The fourth-order valence-electron chi connectivity index (χ4n) is 1.69. The van der Waals surface area contributed by atoms with Gasteiger partial charge in [-0.15, -0.1) is 11.3 Å². The largest absolute Gasteiger partial charge is 0.481 e. The van der Waals surface area contributed by atoms with Crippen molar-refractivity contribution in [2.75, 3.05) is 0 Å². The molecule has 0 aliphatic rings. The van der Waals surface area contributed by atoms with Crippen LogP contribution in [0.5, 0.6) is 0 Å². The van der Waals surface area contributed by atoms with Crippen LogP contribution in [0.2, 0.25) is 0 Å². The molecule has 5 heteroatoms. The number of hydrogen-bond acceptors (Lipinski definition) is 3. The van der Waals surface area contributed by atoms with Gasteiger partial charge in [-0.3, -0.25) is 4.79 Å². The zero-order chi connectivity index (χ0) is 13.1. The monoisotopic (exact) mass is 284 g/mol. The second-order valence-electron chi connectivity index (χ2n) is 4.49. The predicted octanol–water partition coefficient (Wildman–Crippen LogP) is 3.18. The molecule has 3 nitrogen and oxygen atoms in total. The van der Waals surface area contributed by atoms with E-state index in [0.29, 0.717) is 11.6 Å². The minimum absolute atomic E-state index is 0. The zero-order valence-corrected chi connectivity index (χ0v) is 14.2. The van der Waals surface area contributed by atoms with Crippen LogP contribution in [-0.4, -0.2) is 45.6 Å². The van der Waals surface area contributed by atoms with Gasteiger partial charge in [-0.25, -0.2) is 4.98 Å². The van der Waals surface area contributed by atoms with Crippen molar-refractivity contribution in [3.8, 4) is 10.6 Å². The first-order chi connectivity index (χ1) is 8.56. The van der Waals surface area contributed by atoms with Gasteiger partial charge in [0, 0.05) is 40.5 Å². The normalized spacial score (nSPS) is 10.3. The van der Waals surface area contributed by atoms with E-state index < -0.39 is 5.97 Å². The molecule has 0 saturated carbocycles. The van der Waals surface area contributed by atoms with Crippen LogP contribution in [0, 0.1) is 0 Å². The van der Waals surface area contributed by atoms with Crippen molar-refractivity contribution in [3.05, 3.63) is 40.9 Å². The Morgan fingerprint density at radius 1 is 1.32 bits per heavy atom. The molecule has 1 heterocycles. The summed E-state index contributed by atoms with van der Waals surface area (Å²) in [4.78, 5) is 14.9. The molecular weight excluding hydrogens is 269 g/mol. The second-order valence-corrected chi connectivity index (χ2v) is 5.35. The molecule has 0 bridgehead atoms. The summed E-state index contributed by atoms with van der Waals surface area (Å²) in [5, 5.41) is 11.4. The standard InChI is InChI=1S/C14H15NO2S.Na/c1-9(2)10-3-5-11(6-4-10)14-15-12(8-18-14)7-13(16)17;/h3-6,8-9H,7H2,1-2H3,(H,16,17);. The molecule has 0 aliphatic carbocycles. The number of hydrogen-bond donors (Lipinski definition) is 1. The molecule has 0 saturated heterocycles. The topological polar surface area (TPSA) is 50.2 Å². The molecule has 1 aromatic carbocycles. The minimum Gasteiger partial charge on any atom is -0.481 e. The number of rotatable bonds is 4. The predicted molar refractivity (Wildman–Crippen MR) is 78.7 cm³/mol. The summed E-state index contributed by atoms with van der Waals surface area (Å²) in [6.45, 7) is 4.31. The number of aromatic nitrogens is 1. The van der Waals surface area contributed by atoms with E-state index in [0.717, 1.165) is 10.6 Å². The van der Waals surface area contributed by atoms with E-state index in [1.807, 2.05) is 12.1 Å². The zero-order valence-electron chi connectivity index (χ0n) is 11.4. The van der Waals surface area contributed by atoms with Gasteiger partial charge in [-0.1, -0.05) is 38.1 Å². The van der Waals surface area contributed by atoms with Crippen molar-refractivity contribution in [1.29, 1.82) is 0 Å². The Hall–Kier alpha value is -0.680. The molecule has 1 N–H and O–H groups in total. The van der Waals surface area contributed by atoms with E-state index >= 15 is 0 Å². The third-order valence-electron chi connectivity index (χ3n) is 2.71. The van der Waals surface area contributed by atoms with Crippen molar-refractivity contribution in [2.24, 2.45) is 0 Å². The van der Waals surface area contributed by atoms with Crippen molar-refractivity contribution >= 4 is 46.9 Å². The molecule has 95 valence electrons. The van der Waals surface area contributed by atoms with Crippen LogP contribution in [0.4, 0.5) is 0 Å². The fraction of sp³-hybridized carbons (Fsp3) is 0.286. The van der Waals surface area contributed by atoms with Crippen LogP contribution in [0.3, 0.4) is 0 Å². The van der Waals surface area contributed by atoms with E-state index in [1.54, 1.807) is 5.38 Å². The van der Waals surface area contributed by atoms with Gasteiger partial charge < -0.3 is 5.11 Å². The van der Waals surface area contributed by atoms with Gasteiger partial charge in [-0.2, -0.15) is 0 Å². The average Bonchev–Trinajstić information content (AvgIpc) is 2.76. The first-order valence-electron chi connectivity index (χ1n) is 5.83. The van der Waals surface area contributed by atoms with Crippen LogP contribution in [0.25, 0.3) is 10.6 Å². The number of carboxylic acids is 1. The summed E-state index contributed by atoms with van der Waals surface area (Å²) in [7, 11) is 0. The average molecular weight is 284 g/mol. The van der Waals surface area contributed by atoms with Crippen LogP contribution in [0.15, 0.2) is 29.6 Å². The summed E-state index contributed by atoms with van der Waals surface area (Å²) in [5.74, 6) is -0.333. The SMILES string of the molecule is CC(C)c1ccc(-c2nc(CC(=O)O)cs2)cc1.[Na]. The van der Waals surface area contributed by atoms with E-state index in [2.05, 4.69) is 31.0 Å². The fourth-order valence-corrected chi connectivity index (χ4v) is 2.51. The quantitative estimate of drug-likeness (QED) is 0.877. The van der Waals surface area contributed by atoms with Crippen molar-refractivity contribution < 1.29 is 9.90 Å². The molecule has 0 amide bonds. The Bertz CT molecular complexity index is 549. The first kappa shape index (κ1) is 16.4. The molecule has 0 aliphatic heterocycles. The number of carbonyl (C=O) groups is 1. The molecule has 0 atom stereocenters. The van der Waals surface area contributed by atoms with Crippen LogP contribution >= 0.6 is 11.3 Å². The number of aliphatic carboxylic acids is 1. The molecule has 0 fully saturated rings. The molecule has 1 aromatic heterocycles. The van der Waals surface area contributed by atoms with Gasteiger partial charge in [0.1, 0.15) is 5.01 Å². The van der Waals surface area contributed by atoms with Gasteiger partial charge in [0.2, 0.25) is 0 Å². The minimum atomic E-state index is -0.845. The van der Waals surface area contributed by atoms with Crippen LogP contribution in [-0.2, 0) is 11.2 Å². The summed E-state index contributed by atoms with van der Waals surface area (Å²) in [6, 6.07) is 8.27. The van der Waals surface area contributed by atoms with Crippen LogP contribution in [0.1, 0.15) is 31.0 Å². The summed E-state index contributed by atoms with van der Waals surface area (Å²) < 4.78 is 0. The molecule has 2 aromatic rings. The van der Waals surface area contributed by atoms with Crippen LogP contribution < -0.4 is 0 Å². The van der Waals surface area contributed by atoms with E-state index in [1.165, 1.54) is 16.9 Å². The summed E-state index contributed by atoms with van der Waals surface area (Å²) in [6.07, 6.45) is -0.0133. The molecule has 0 spiro atoms. The van der Waals surface area contributed by atoms with Gasteiger partial charge in [0.15, 0.2) is 0 Å². The van der Waals surface area contributed by atoms with E-state index in [4.69, 9.17) is 5.11 Å². The summed E-state index contributed by atoms with van der Waals surface area (Å²) in [5.41, 5.74) is 2.96. The van der Waals surface area contributed by atoms with E-state index in [9.17, 15) is 4.79 Å². The van der Waals surface area contributed by atoms with Crippen molar-refractivity contribution in [3.63, 3.8) is 0 Å². The maximum absolute atomic E-state index is 10.6. The number of carboxylic acid groups (broad SMARTS) is 1. The Morgan fingerprint density at radius 3 is 2.47 bits per heavy atom. The Kier molecular flexibility index (Phi) is 6.20. The Morgan fingerprint density at radius 2 is 1.95 bits per heavy atom. The first-order valence-corrected chi connectivity index (χ1v) is 6.70. The van der Waals surface area contributed by atoms with Gasteiger partial charge in [0.25, 0.3) is 0 Å². The molecular formula is C14H15NNaO2S. The number of thiazole rings is 1. The third-order valence-corrected chi connectivity index (χ3v) is 3.65. The maximum Gasteiger partial charge on any atom is 0.309 e. The van der Waals surface area contributed by atoms with Gasteiger partial charge in [0.05, 0.1) is 12.1 Å². The third kappa shape index (κ3) is 4.42. The Labute approximate surface area is 139 Å².